The van der Waals surface area contributed by atoms with Crippen molar-refractivity contribution in [3.05, 3.63) is 23.7 Å². The Balaban J connectivity index is 1.96. The number of rotatable bonds is 17. The molecule has 3 heteroatoms. The molecule has 3 nitrogen and oxygen atoms in total. The smallest absolute Gasteiger partial charge is 0.120 e. The maximum absolute atomic E-state index is 9.92. The highest BCUT2D eigenvalue weighted by Crippen LogP contribution is 2.28. The lowest BCUT2D eigenvalue weighted by molar-refractivity contribution is 0.224. The van der Waals surface area contributed by atoms with Gasteiger partial charge in [-0.1, -0.05) is 96.8 Å². The fourth-order valence-electron chi connectivity index (χ4n) is 3.99. The van der Waals surface area contributed by atoms with Crippen LogP contribution in [0.2, 0.25) is 0 Å². The molecule has 1 atom stereocenters. The van der Waals surface area contributed by atoms with Gasteiger partial charge in [-0.05, 0) is 19.4 Å². The highest BCUT2D eigenvalue weighted by Gasteiger charge is 2.28. The molecule has 0 fully saturated rings. The Morgan fingerprint density at radius 3 is 1.81 bits per heavy atom. The van der Waals surface area contributed by atoms with Crippen molar-refractivity contribution < 1.29 is 9.84 Å². The molecule has 0 aromatic rings. The molecule has 0 aliphatic heterocycles. The molecule has 3 N–H and O–H groups in total. The van der Waals surface area contributed by atoms with E-state index in [2.05, 4.69) is 6.92 Å². The highest BCUT2D eigenvalue weighted by atomic mass is 16.5. The Bertz CT molecular complexity index is 430. The van der Waals surface area contributed by atoms with Crippen molar-refractivity contribution in [2.75, 3.05) is 6.61 Å². The van der Waals surface area contributed by atoms with Gasteiger partial charge >= 0.3 is 0 Å². The number of ether oxygens (including phenoxy) is 1. The predicted octanol–water partition coefficient (Wildman–Crippen LogP) is 7.32. The monoisotopic (exact) mass is 379 g/mol. The maximum atomic E-state index is 9.92. The summed E-state index contributed by atoms with van der Waals surface area (Å²) >= 11 is 0. The summed E-state index contributed by atoms with van der Waals surface area (Å²) in [5.41, 5.74) is 6.02. The van der Waals surface area contributed by atoms with E-state index in [1.165, 1.54) is 83.5 Å². The van der Waals surface area contributed by atoms with Gasteiger partial charge in [-0.15, -0.1) is 0 Å². The molecular formula is C24H45NO2. The van der Waals surface area contributed by atoms with Crippen LogP contribution < -0.4 is 5.73 Å². The van der Waals surface area contributed by atoms with Gasteiger partial charge in [0.2, 0.25) is 0 Å². The summed E-state index contributed by atoms with van der Waals surface area (Å²) in [6.45, 7) is 4.83. The third-order valence-corrected chi connectivity index (χ3v) is 5.56. The molecule has 0 bridgehead atoms. The maximum Gasteiger partial charge on any atom is 0.120 e. The molecule has 0 heterocycles. The fourth-order valence-corrected chi connectivity index (χ4v) is 3.99. The summed E-state index contributed by atoms with van der Waals surface area (Å²) in [7, 11) is 0. The number of aliphatic hydroxyl groups excluding tert-OH is 1. The van der Waals surface area contributed by atoms with Crippen molar-refractivity contribution in [3.8, 4) is 0 Å². The van der Waals surface area contributed by atoms with Gasteiger partial charge in [0.05, 0.1) is 12.4 Å². The van der Waals surface area contributed by atoms with Crippen LogP contribution in [0.25, 0.3) is 0 Å². The van der Waals surface area contributed by atoms with Crippen LogP contribution in [0.3, 0.4) is 0 Å². The van der Waals surface area contributed by atoms with Gasteiger partial charge < -0.3 is 15.6 Å². The van der Waals surface area contributed by atoms with Crippen LogP contribution in [-0.2, 0) is 4.74 Å². The lowest BCUT2D eigenvalue weighted by atomic mass is 9.85. The molecular weight excluding hydrogens is 334 g/mol. The molecule has 27 heavy (non-hydrogen) atoms. The van der Waals surface area contributed by atoms with Crippen molar-refractivity contribution >= 4 is 0 Å². The van der Waals surface area contributed by atoms with Crippen LogP contribution in [0, 0.1) is 0 Å². The molecule has 0 radical (unpaired) electrons. The number of hydrogen-bond donors (Lipinski definition) is 2. The molecule has 1 unspecified atom stereocenters. The Hall–Kier alpha value is -0.960. The number of aliphatic hydroxyl groups is 1. The Kier molecular flexibility index (Phi) is 13.4. The van der Waals surface area contributed by atoms with Crippen LogP contribution >= 0.6 is 0 Å². The van der Waals surface area contributed by atoms with E-state index < -0.39 is 5.54 Å². The van der Waals surface area contributed by atoms with Gasteiger partial charge in [0, 0.05) is 18.0 Å². The minimum atomic E-state index is -0.444. The summed E-state index contributed by atoms with van der Waals surface area (Å²) < 4.78 is 5.52. The standard InChI is InChI=1S/C24H45NO2/c1-3-5-6-7-8-9-10-11-12-13-14-15-16-17-18-24(25)20-22(26)19-23(21-24)27-4-2/h19,21,26H,3-18,20,25H2,1-2H3. The van der Waals surface area contributed by atoms with E-state index in [-0.39, 0.29) is 0 Å². The van der Waals surface area contributed by atoms with Gasteiger partial charge in [0.1, 0.15) is 5.76 Å². The second-order valence-corrected chi connectivity index (χ2v) is 8.37. The lowest BCUT2D eigenvalue weighted by Gasteiger charge is -2.29. The number of hydrogen-bond acceptors (Lipinski definition) is 3. The minimum absolute atomic E-state index is 0.341. The SMILES string of the molecule is CCCCCCCCCCCCCCCCC1(N)C=C(OCC)C=C(O)C1. The quantitative estimate of drug-likeness (QED) is 0.260. The zero-order chi connectivity index (χ0) is 19.8. The predicted molar refractivity (Wildman–Crippen MR) is 117 cm³/mol. The van der Waals surface area contributed by atoms with Crippen LogP contribution in [-0.4, -0.2) is 17.3 Å². The second-order valence-electron chi connectivity index (χ2n) is 8.37. The molecule has 0 aromatic carbocycles. The van der Waals surface area contributed by atoms with Crippen LogP contribution in [0.5, 0.6) is 0 Å². The van der Waals surface area contributed by atoms with E-state index in [4.69, 9.17) is 10.5 Å². The normalized spacial score (nSPS) is 19.7. The number of nitrogens with two attached hydrogens (primary N) is 1. The first-order valence-electron chi connectivity index (χ1n) is 11.6. The number of allylic oxidation sites excluding steroid dienone is 1. The third kappa shape index (κ3) is 12.2. The van der Waals surface area contributed by atoms with Crippen molar-refractivity contribution in [2.45, 2.75) is 122 Å². The van der Waals surface area contributed by atoms with E-state index in [1.54, 1.807) is 6.08 Å². The van der Waals surface area contributed by atoms with E-state index >= 15 is 0 Å². The van der Waals surface area contributed by atoms with Gasteiger partial charge in [0.15, 0.2) is 0 Å². The van der Waals surface area contributed by atoms with E-state index in [0.29, 0.717) is 24.5 Å². The largest absolute Gasteiger partial charge is 0.512 e. The number of unbranched alkanes of at least 4 members (excludes halogenated alkanes) is 13. The minimum Gasteiger partial charge on any atom is -0.512 e. The molecule has 0 saturated heterocycles. The first kappa shape index (κ1) is 24.1. The van der Waals surface area contributed by atoms with E-state index in [1.807, 2.05) is 13.0 Å². The van der Waals surface area contributed by atoms with Crippen molar-refractivity contribution in [1.29, 1.82) is 0 Å². The zero-order valence-corrected chi connectivity index (χ0v) is 18.1. The molecule has 1 aliphatic rings. The Morgan fingerprint density at radius 2 is 1.33 bits per heavy atom. The van der Waals surface area contributed by atoms with Crippen molar-refractivity contribution in [3.63, 3.8) is 0 Å². The summed E-state index contributed by atoms with van der Waals surface area (Å²) in [4.78, 5) is 0. The molecule has 0 aromatic heterocycles. The molecule has 0 saturated carbocycles. The molecule has 158 valence electrons. The van der Waals surface area contributed by atoms with Gasteiger partial charge in [-0.25, -0.2) is 0 Å². The lowest BCUT2D eigenvalue weighted by Crippen LogP contribution is -2.40. The van der Waals surface area contributed by atoms with E-state index in [0.717, 1.165) is 12.8 Å². The Labute approximate surface area is 168 Å². The topological polar surface area (TPSA) is 55.5 Å². The first-order valence-corrected chi connectivity index (χ1v) is 11.6. The summed E-state index contributed by atoms with van der Waals surface area (Å²) in [6.07, 6.45) is 24.2. The van der Waals surface area contributed by atoms with Crippen molar-refractivity contribution in [1.82, 2.24) is 0 Å². The third-order valence-electron chi connectivity index (χ3n) is 5.56. The van der Waals surface area contributed by atoms with Crippen LogP contribution in [0.1, 0.15) is 117 Å². The average molecular weight is 380 g/mol. The highest BCUT2D eigenvalue weighted by molar-refractivity contribution is 5.28. The van der Waals surface area contributed by atoms with Crippen LogP contribution in [0.15, 0.2) is 23.7 Å². The summed E-state index contributed by atoms with van der Waals surface area (Å²) in [5.74, 6) is 1.06. The Morgan fingerprint density at radius 1 is 0.852 bits per heavy atom. The second kappa shape index (κ2) is 15.0. The molecule has 0 spiro atoms. The van der Waals surface area contributed by atoms with Gasteiger partial charge in [-0.2, -0.15) is 0 Å². The van der Waals surface area contributed by atoms with Crippen molar-refractivity contribution in [2.24, 2.45) is 5.73 Å². The molecule has 0 amide bonds. The zero-order valence-electron chi connectivity index (χ0n) is 18.1. The van der Waals surface area contributed by atoms with Crippen LogP contribution in [0.4, 0.5) is 0 Å². The average Bonchev–Trinajstić information content (AvgIpc) is 2.61. The summed E-state index contributed by atoms with van der Waals surface area (Å²) in [5, 5.41) is 9.92. The van der Waals surface area contributed by atoms with Gasteiger partial charge in [-0.3, -0.25) is 0 Å². The summed E-state index contributed by atoms with van der Waals surface area (Å²) in [6, 6.07) is 0. The molecule has 1 rings (SSSR count). The molecule has 1 aliphatic carbocycles. The van der Waals surface area contributed by atoms with Gasteiger partial charge in [0.25, 0.3) is 0 Å². The van der Waals surface area contributed by atoms with E-state index in [9.17, 15) is 5.11 Å². The fraction of sp³-hybridized carbons (Fsp3) is 0.833. The first-order chi connectivity index (χ1) is 13.1.